The van der Waals surface area contributed by atoms with Crippen LogP contribution in [-0.4, -0.2) is 78.4 Å². The maximum Gasteiger partial charge on any atom is 0.312 e. The molecule has 1 N–H and O–H groups in total. The SMILES string of the molecule is C=CCN(C(=O)[C@@H]1N([C@H](CO)c2ccccc2)C(=O)[C@H]2[C@H](C(=O)OCC)[C@@H]3CC[C@]12O3)c1ccc(N(CC)CC)cc1. The summed E-state index contributed by atoms with van der Waals surface area (Å²) < 4.78 is 11.9. The number of carbonyl (C=O) groups is 3. The molecule has 6 atom stereocenters. The van der Waals surface area contributed by atoms with Gasteiger partial charge in [-0.05, 0) is 63.4 Å². The summed E-state index contributed by atoms with van der Waals surface area (Å²) >= 11 is 0. The lowest BCUT2D eigenvalue weighted by atomic mass is 9.70. The molecule has 3 fully saturated rings. The lowest BCUT2D eigenvalue weighted by Crippen LogP contribution is -2.57. The Kier molecular flexibility index (Phi) is 8.70. The van der Waals surface area contributed by atoms with E-state index in [4.69, 9.17) is 9.47 Å². The second-order valence-corrected chi connectivity index (χ2v) is 11.1. The Hall–Kier alpha value is -3.69. The van der Waals surface area contributed by atoms with Crippen molar-refractivity contribution in [2.24, 2.45) is 11.8 Å². The molecular weight excluding hydrogens is 534 g/mol. The Morgan fingerprint density at radius 3 is 2.38 bits per heavy atom. The van der Waals surface area contributed by atoms with Crippen molar-refractivity contribution in [3.63, 3.8) is 0 Å². The van der Waals surface area contributed by atoms with Gasteiger partial charge in [0, 0.05) is 31.0 Å². The van der Waals surface area contributed by atoms with Crippen molar-refractivity contribution in [1.29, 1.82) is 0 Å². The fraction of sp³-hybridized carbons (Fsp3) is 0.485. The van der Waals surface area contributed by atoms with Crippen molar-refractivity contribution in [1.82, 2.24) is 4.90 Å². The minimum Gasteiger partial charge on any atom is -0.466 e. The van der Waals surface area contributed by atoms with Crippen LogP contribution in [0.2, 0.25) is 0 Å². The quantitative estimate of drug-likeness (QED) is 0.304. The number of rotatable bonds is 12. The Labute approximate surface area is 247 Å². The highest BCUT2D eigenvalue weighted by molar-refractivity contribution is 6.05. The number of nitrogens with zero attached hydrogens (tertiary/aromatic N) is 3. The number of aliphatic hydroxyl groups is 1. The number of hydrogen-bond donors (Lipinski definition) is 1. The lowest BCUT2D eigenvalue weighted by molar-refractivity contribution is -0.155. The van der Waals surface area contributed by atoms with Gasteiger partial charge in [-0.25, -0.2) is 0 Å². The molecule has 0 aliphatic carbocycles. The van der Waals surface area contributed by atoms with Crippen LogP contribution < -0.4 is 9.80 Å². The highest BCUT2D eigenvalue weighted by Crippen LogP contribution is 2.60. The molecule has 3 saturated heterocycles. The van der Waals surface area contributed by atoms with Gasteiger partial charge < -0.3 is 29.3 Å². The van der Waals surface area contributed by atoms with Crippen LogP contribution in [0.3, 0.4) is 0 Å². The van der Waals surface area contributed by atoms with Gasteiger partial charge in [-0.15, -0.1) is 6.58 Å². The number of amides is 2. The summed E-state index contributed by atoms with van der Waals surface area (Å²) in [6, 6.07) is 15.1. The molecule has 2 bridgehead atoms. The van der Waals surface area contributed by atoms with Gasteiger partial charge in [0.1, 0.15) is 11.6 Å². The van der Waals surface area contributed by atoms with Crippen molar-refractivity contribution < 1.29 is 29.0 Å². The van der Waals surface area contributed by atoms with Crippen LogP contribution in [0.25, 0.3) is 0 Å². The summed E-state index contributed by atoms with van der Waals surface area (Å²) in [5.41, 5.74) is 1.20. The highest BCUT2D eigenvalue weighted by atomic mass is 16.6. The minimum absolute atomic E-state index is 0.182. The molecule has 2 aromatic rings. The molecule has 5 rings (SSSR count). The summed E-state index contributed by atoms with van der Waals surface area (Å²) in [4.78, 5) is 47.7. The van der Waals surface area contributed by atoms with Crippen LogP contribution in [0.5, 0.6) is 0 Å². The highest BCUT2D eigenvalue weighted by Gasteiger charge is 2.75. The van der Waals surface area contributed by atoms with Crippen LogP contribution in [0.15, 0.2) is 67.3 Å². The summed E-state index contributed by atoms with van der Waals surface area (Å²) in [6.45, 7) is 11.5. The van der Waals surface area contributed by atoms with E-state index in [1.54, 1.807) is 17.9 Å². The first-order valence-electron chi connectivity index (χ1n) is 15.0. The Balaban J connectivity index is 1.60. The van der Waals surface area contributed by atoms with E-state index in [2.05, 4.69) is 25.3 Å². The number of likely N-dealkylation sites (tertiary alicyclic amines) is 1. The molecule has 2 amide bonds. The zero-order valence-corrected chi connectivity index (χ0v) is 24.6. The van der Waals surface area contributed by atoms with Gasteiger partial charge >= 0.3 is 5.97 Å². The standard InChI is InChI=1S/C33H41N3O6/c1-5-20-35(24-16-14-23(15-17-24)34(6-2)7-3)31(39)29-33-19-18-26(42-33)27(32(40)41-8-4)28(33)30(38)36(29)25(21-37)22-12-10-9-11-13-22/h5,9-17,25-29,37H,1,6-8,18-21H2,2-4H3/t25-,26+,27-,28-,29+,33-/m1/s1. The maximum absolute atomic E-state index is 14.8. The van der Waals surface area contributed by atoms with Gasteiger partial charge in [0.2, 0.25) is 5.91 Å². The molecule has 42 heavy (non-hydrogen) atoms. The normalized spacial score (nSPS) is 26.6. The summed E-state index contributed by atoms with van der Waals surface area (Å²) in [5, 5.41) is 10.7. The fourth-order valence-electron chi connectivity index (χ4n) is 7.27. The molecular formula is C33H41N3O6. The van der Waals surface area contributed by atoms with Crippen LogP contribution in [-0.2, 0) is 23.9 Å². The Morgan fingerprint density at radius 2 is 1.79 bits per heavy atom. The van der Waals surface area contributed by atoms with Crippen molar-refractivity contribution in [3.05, 3.63) is 72.8 Å². The van der Waals surface area contributed by atoms with Crippen molar-refractivity contribution in [3.8, 4) is 0 Å². The smallest absolute Gasteiger partial charge is 0.312 e. The molecule has 0 saturated carbocycles. The predicted octanol–water partition coefficient (Wildman–Crippen LogP) is 3.72. The van der Waals surface area contributed by atoms with Crippen LogP contribution in [0.1, 0.15) is 45.2 Å². The largest absolute Gasteiger partial charge is 0.466 e. The molecule has 9 nitrogen and oxygen atoms in total. The fourth-order valence-corrected chi connectivity index (χ4v) is 7.27. The third kappa shape index (κ3) is 4.78. The molecule has 224 valence electrons. The van der Waals surface area contributed by atoms with E-state index in [0.29, 0.717) is 24.1 Å². The van der Waals surface area contributed by atoms with Crippen LogP contribution in [0, 0.1) is 11.8 Å². The van der Waals surface area contributed by atoms with E-state index in [-0.39, 0.29) is 25.0 Å². The molecule has 3 heterocycles. The van der Waals surface area contributed by atoms with E-state index in [0.717, 1.165) is 18.8 Å². The minimum atomic E-state index is -1.21. The number of fused-ring (bicyclic) bond motifs is 1. The number of hydrogen-bond acceptors (Lipinski definition) is 7. The van der Waals surface area contributed by atoms with Gasteiger partial charge in [-0.2, -0.15) is 0 Å². The Bertz CT molecular complexity index is 1300. The second kappa shape index (κ2) is 12.3. The average molecular weight is 576 g/mol. The van der Waals surface area contributed by atoms with Crippen molar-refractivity contribution in [2.45, 2.75) is 57.4 Å². The summed E-state index contributed by atoms with van der Waals surface area (Å²) in [6.07, 6.45) is 2.15. The van der Waals surface area contributed by atoms with E-state index in [1.165, 1.54) is 4.90 Å². The van der Waals surface area contributed by atoms with Gasteiger partial charge in [-0.1, -0.05) is 36.4 Å². The zero-order valence-electron chi connectivity index (χ0n) is 24.6. The number of anilines is 2. The van der Waals surface area contributed by atoms with E-state index >= 15 is 0 Å². The molecule has 0 unspecified atom stereocenters. The average Bonchev–Trinajstić information content (AvgIpc) is 3.65. The number of carbonyl (C=O) groups excluding carboxylic acids is 3. The number of benzene rings is 2. The van der Waals surface area contributed by atoms with E-state index in [9.17, 15) is 19.5 Å². The molecule has 0 radical (unpaired) electrons. The first-order chi connectivity index (χ1) is 20.4. The monoisotopic (exact) mass is 575 g/mol. The third-order valence-electron chi connectivity index (χ3n) is 9.09. The van der Waals surface area contributed by atoms with Gasteiger partial charge in [-0.3, -0.25) is 14.4 Å². The second-order valence-electron chi connectivity index (χ2n) is 11.1. The van der Waals surface area contributed by atoms with E-state index in [1.807, 2.05) is 54.6 Å². The number of aliphatic hydroxyl groups excluding tert-OH is 1. The molecule has 1 spiro atoms. The molecule has 9 heteroatoms. The lowest BCUT2D eigenvalue weighted by Gasteiger charge is -2.39. The summed E-state index contributed by atoms with van der Waals surface area (Å²) in [5.74, 6) is -2.86. The van der Waals surface area contributed by atoms with Gasteiger partial charge in [0.15, 0.2) is 0 Å². The predicted molar refractivity (Wildman–Crippen MR) is 160 cm³/mol. The molecule has 3 aliphatic heterocycles. The van der Waals surface area contributed by atoms with Gasteiger partial charge in [0.05, 0.1) is 37.2 Å². The molecule has 0 aromatic heterocycles. The maximum atomic E-state index is 14.8. The molecule has 3 aliphatic rings. The van der Waals surface area contributed by atoms with Gasteiger partial charge in [0.25, 0.3) is 5.91 Å². The Morgan fingerprint density at radius 1 is 1.12 bits per heavy atom. The van der Waals surface area contributed by atoms with Crippen molar-refractivity contribution >= 4 is 29.2 Å². The van der Waals surface area contributed by atoms with E-state index < -0.39 is 48.2 Å². The van der Waals surface area contributed by atoms with Crippen LogP contribution >= 0.6 is 0 Å². The first-order valence-corrected chi connectivity index (χ1v) is 15.0. The van der Waals surface area contributed by atoms with Crippen molar-refractivity contribution in [2.75, 3.05) is 42.6 Å². The number of ether oxygens (including phenoxy) is 2. The topological polar surface area (TPSA) is 99.6 Å². The first kappa shape index (κ1) is 29.8. The summed E-state index contributed by atoms with van der Waals surface area (Å²) in [7, 11) is 0. The zero-order chi connectivity index (χ0) is 30.0. The molecule has 2 aromatic carbocycles. The third-order valence-corrected chi connectivity index (χ3v) is 9.09. The van der Waals surface area contributed by atoms with Crippen LogP contribution in [0.4, 0.5) is 11.4 Å². The number of esters is 1.